The maximum Gasteiger partial charge on any atom is 0.257 e. The summed E-state index contributed by atoms with van der Waals surface area (Å²) in [5.74, 6) is 1.17. The van der Waals surface area contributed by atoms with Crippen molar-refractivity contribution in [1.82, 2.24) is 9.80 Å². The van der Waals surface area contributed by atoms with E-state index in [2.05, 4.69) is 41.3 Å². The summed E-state index contributed by atoms with van der Waals surface area (Å²) in [5.41, 5.74) is 2.97. The maximum atomic E-state index is 13.2. The summed E-state index contributed by atoms with van der Waals surface area (Å²) >= 11 is 6.13. The van der Waals surface area contributed by atoms with E-state index >= 15 is 0 Å². The standard InChI is InChI=1S/C26H27ClN2O3/c1-31-22-12-13-23(24(18-22)32-2)26(30)29-16-14-28(15-17-29)25(19-6-4-3-5-7-19)20-8-10-21(27)11-9-20/h3-13,18,25H,14-17H2,1-2H3/t25-/m0/s1. The first-order valence-corrected chi connectivity index (χ1v) is 11.0. The van der Waals surface area contributed by atoms with Gasteiger partial charge in [0.15, 0.2) is 0 Å². The third-order valence-corrected chi connectivity index (χ3v) is 6.16. The minimum Gasteiger partial charge on any atom is -0.497 e. The fourth-order valence-corrected chi connectivity index (χ4v) is 4.35. The van der Waals surface area contributed by atoms with E-state index in [0.29, 0.717) is 30.2 Å². The summed E-state index contributed by atoms with van der Waals surface area (Å²) in [4.78, 5) is 17.5. The second-order valence-electron chi connectivity index (χ2n) is 7.76. The zero-order chi connectivity index (χ0) is 22.5. The molecule has 1 amide bonds. The predicted octanol–water partition coefficient (Wildman–Crippen LogP) is 4.90. The van der Waals surface area contributed by atoms with E-state index in [-0.39, 0.29) is 11.9 Å². The smallest absolute Gasteiger partial charge is 0.257 e. The molecule has 5 nitrogen and oxygen atoms in total. The summed E-state index contributed by atoms with van der Waals surface area (Å²) in [6.07, 6.45) is 0. The van der Waals surface area contributed by atoms with Crippen molar-refractivity contribution in [3.05, 3.63) is 94.5 Å². The fraction of sp³-hybridized carbons (Fsp3) is 0.269. The molecule has 1 atom stereocenters. The molecule has 0 bridgehead atoms. The van der Waals surface area contributed by atoms with Crippen LogP contribution in [0.3, 0.4) is 0 Å². The quantitative estimate of drug-likeness (QED) is 0.535. The van der Waals surface area contributed by atoms with Gasteiger partial charge in [-0.1, -0.05) is 54.1 Å². The van der Waals surface area contributed by atoms with Gasteiger partial charge in [0, 0.05) is 37.3 Å². The number of carbonyl (C=O) groups excluding carboxylic acids is 1. The monoisotopic (exact) mass is 450 g/mol. The van der Waals surface area contributed by atoms with Crippen LogP contribution in [0.2, 0.25) is 5.02 Å². The van der Waals surface area contributed by atoms with Crippen LogP contribution >= 0.6 is 11.6 Å². The maximum absolute atomic E-state index is 13.2. The summed E-state index contributed by atoms with van der Waals surface area (Å²) < 4.78 is 10.7. The van der Waals surface area contributed by atoms with Crippen LogP contribution in [0.25, 0.3) is 0 Å². The Morgan fingerprint density at radius 1 is 0.844 bits per heavy atom. The first-order valence-electron chi connectivity index (χ1n) is 10.7. The van der Waals surface area contributed by atoms with Crippen molar-refractivity contribution in [2.75, 3.05) is 40.4 Å². The molecule has 166 valence electrons. The van der Waals surface area contributed by atoms with Crippen LogP contribution in [-0.2, 0) is 0 Å². The summed E-state index contributed by atoms with van der Waals surface area (Å²) in [6.45, 7) is 2.83. The number of halogens is 1. The number of hydrogen-bond donors (Lipinski definition) is 0. The molecule has 0 unspecified atom stereocenters. The van der Waals surface area contributed by atoms with Crippen molar-refractivity contribution in [3.8, 4) is 11.5 Å². The topological polar surface area (TPSA) is 42.0 Å². The Morgan fingerprint density at radius 2 is 1.50 bits per heavy atom. The van der Waals surface area contributed by atoms with Crippen molar-refractivity contribution in [2.24, 2.45) is 0 Å². The van der Waals surface area contributed by atoms with E-state index in [1.54, 1.807) is 32.4 Å². The molecule has 0 N–H and O–H groups in total. The van der Waals surface area contributed by atoms with Gasteiger partial charge in [-0.2, -0.15) is 0 Å². The van der Waals surface area contributed by atoms with Crippen molar-refractivity contribution in [3.63, 3.8) is 0 Å². The van der Waals surface area contributed by atoms with Crippen LogP contribution in [0.1, 0.15) is 27.5 Å². The van der Waals surface area contributed by atoms with Crippen LogP contribution in [0.5, 0.6) is 11.5 Å². The lowest BCUT2D eigenvalue weighted by Gasteiger charge is -2.40. The summed E-state index contributed by atoms with van der Waals surface area (Å²) in [5, 5.41) is 0.726. The Morgan fingerprint density at radius 3 is 2.12 bits per heavy atom. The molecule has 0 radical (unpaired) electrons. The summed E-state index contributed by atoms with van der Waals surface area (Å²) in [7, 11) is 3.17. The number of benzene rings is 3. The lowest BCUT2D eigenvalue weighted by molar-refractivity contribution is 0.0594. The van der Waals surface area contributed by atoms with Crippen LogP contribution in [0.4, 0.5) is 0 Å². The van der Waals surface area contributed by atoms with Crippen LogP contribution in [0.15, 0.2) is 72.8 Å². The zero-order valence-electron chi connectivity index (χ0n) is 18.3. The Balaban J connectivity index is 1.52. The van der Waals surface area contributed by atoms with Gasteiger partial charge in [-0.25, -0.2) is 0 Å². The van der Waals surface area contributed by atoms with Gasteiger partial charge in [0.1, 0.15) is 11.5 Å². The molecule has 0 aromatic heterocycles. The third-order valence-electron chi connectivity index (χ3n) is 5.91. The predicted molar refractivity (Wildman–Crippen MR) is 127 cm³/mol. The summed E-state index contributed by atoms with van der Waals surface area (Å²) in [6, 6.07) is 23.9. The van der Waals surface area contributed by atoms with Crippen LogP contribution in [0, 0.1) is 0 Å². The van der Waals surface area contributed by atoms with Crippen molar-refractivity contribution in [2.45, 2.75) is 6.04 Å². The second kappa shape index (κ2) is 10.1. The van der Waals surface area contributed by atoms with E-state index in [0.717, 1.165) is 18.1 Å². The average molecular weight is 451 g/mol. The van der Waals surface area contributed by atoms with Crippen molar-refractivity contribution < 1.29 is 14.3 Å². The largest absolute Gasteiger partial charge is 0.497 e. The van der Waals surface area contributed by atoms with Crippen LogP contribution < -0.4 is 9.47 Å². The van der Waals surface area contributed by atoms with Gasteiger partial charge in [0.2, 0.25) is 0 Å². The zero-order valence-corrected chi connectivity index (χ0v) is 19.1. The highest BCUT2D eigenvalue weighted by Crippen LogP contribution is 2.31. The Labute approximate surface area is 194 Å². The minimum atomic E-state index is -0.0214. The number of methoxy groups -OCH3 is 2. The number of piperazine rings is 1. The van der Waals surface area contributed by atoms with Crippen LogP contribution in [-0.4, -0.2) is 56.1 Å². The van der Waals surface area contributed by atoms with Gasteiger partial charge in [0.05, 0.1) is 25.8 Å². The van der Waals surface area contributed by atoms with Crippen molar-refractivity contribution in [1.29, 1.82) is 0 Å². The minimum absolute atomic E-state index is 0.0214. The molecule has 0 saturated carbocycles. The number of hydrogen-bond acceptors (Lipinski definition) is 4. The van der Waals surface area contributed by atoms with Crippen molar-refractivity contribution >= 4 is 17.5 Å². The van der Waals surface area contributed by atoms with E-state index in [1.807, 2.05) is 23.1 Å². The molecule has 32 heavy (non-hydrogen) atoms. The Hall–Kier alpha value is -3.02. The third kappa shape index (κ3) is 4.74. The number of ether oxygens (including phenoxy) is 2. The molecular weight excluding hydrogens is 424 g/mol. The van der Waals surface area contributed by atoms with E-state index < -0.39 is 0 Å². The molecule has 1 aliphatic heterocycles. The number of carbonyl (C=O) groups is 1. The molecule has 0 aliphatic carbocycles. The molecule has 3 aromatic carbocycles. The molecular formula is C26H27ClN2O3. The highest BCUT2D eigenvalue weighted by Gasteiger charge is 2.29. The lowest BCUT2D eigenvalue weighted by Crippen LogP contribution is -2.49. The van der Waals surface area contributed by atoms with Gasteiger partial charge in [-0.15, -0.1) is 0 Å². The van der Waals surface area contributed by atoms with E-state index in [9.17, 15) is 4.79 Å². The first-order chi connectivity index (χ1) is 15.6. The van der Waals surface area contributed by atoms with E-state index in [1.165, 1.54) is 11.1 Å². The fourth-order valence-electron chi connectivity index (χ4n) is 4.22. The van der Waals surface area contributed by atoms with Gasteiger partial charge < -0.3 is 14.4 Å². The lowest BCUT2D eigenvalue weighted by atomic mass is 9.96. The first kappa shape index (κ1) is 22.2. The Bertz CT molecular complexity index is 1050. The van der Waals surface area contributed by atoms with Gasteiger partial charge in [0.25, 0.3) is 5.91 Å². The van der Waals surface area contributed by atoms with Gasteiger partial charge in [-0.05, 0) is 35.4 Å². The SMILES string of the molecule is COc1ccc(C(=O)N2CCN([C@@H](c3ccccc3)c3ccc(Cl)cc3)CC2)c(OC)c1. The van der Waals surface area contributed by atoms with E-state index in [4.69, 9.17) is 21.1 Å². The van der Waals surface area contributed by atoms with Gasteiger partial charge in [-0.3, -0.25) is 9.69 Å². The molecule has 1 saturated heterocycles. The number of nitrogens with zero attached hydrogens (tertiary/aromatic N) is 2. The molecule has 1 aliphatic rings. The molecule has 1 fully saturated rings. The highest BCUT2D eigenvalue weighted by molar-refractivity contribution is 6.30. The normalized spacial score (nSPS) is 15.3. The second-order valence-corrected chi connectivity index (χ2v) is 8.20. The average Bonchev–Trinajstić information content (AvgIpc) is 2.85. The highest BCUT2D eigenvalue weighted by atomic mass is 35.5. The number of rotatable bonds is 6. The number of amides is 1. The molecule has 6 heteroatoms. The molecule has 1 heterocycles. The Kier molecular flexibility index (Phi) is 6.98. The van der Waals surface area contributed by atoms with Gasteiger partial charge >= 0.3 is 0 Å². The molecule has 3 aromatic rings. The molecule has 0 spiro atoms. The molecule has 4 rings (SSSR count).